The molecule has 5 heteroatoms. The standard InChI is InChI=1S/C18H29FO2S2/c1-8-21-18(20)15-10-9-11-16(17(15)19)22-23(12(2)3,13(4)5)14(6)7/h9-14H,8H2,1-7H3. The van der Waals surface area contributed by atoms with Crippen molar-refractivity contribution in [3.05, 3.63) is 29.6 Å². The van der Waals surface area contributed by atoms with Gasteiger partial charge in [-0.05, 0) is 34.8 Å². The minimum atomic E-state index is -1.15. The van der Waals surface area contributed by atoms with Crippen LogP contribution in [0.5, 0.6) is 0 Å². The Labute approximate surface area is 145 Å². The van der Waals surface area contributed by atoms with E-state index in [9.17, 15) is 9.18 Å². The SMILES string of the molecule is CCOC(=O)c1cccc(SS(C(C)C)(C(C)C)C(C)C)c1F. The smallest absolute Gasteiger partial charge is 0.341 e. The van der Waals surface area contributed by atoms with Crippen LogP contribution in [-0.4, -0.2) is 28.3 Å². The van der Waals surface area contributed by atoms with Crippen LogP contribution in [0.1, 0.15) is 58.8 Å². The molecule has 1 aromatic rings. The van der Waals surface area contributed by atoms with Gasteiger partial charge in [-0.25, -0.2) is 9.18 Å². The lowest BCUT2D eigenvalue weighted by Gasteiger charge is -2.50. The summed E-state index contributed by atoms with van der Waals surface area (Å²) in [5.41, 5.74) is 0.0291. The molecule has 0 heterocycles. The molecule has 2 nitrogen and oxygen atoms in total. The molecule has 0 fully saturated rings. The van der Waals surface area contributed by atoms with Gasteiger partial charge in [-0.3, -0.25) is 0 Å². The highest BCUT2D eigenvalue weighted by Crippen LogP contribution is 2.72. The minimum Gasteiger partial charge on any atom is -0.462 e. The summed E-state index contributed by atoms with van der Waals surface area (Å²) < 4.78 is 19.8. The van der Waals surface area contributed by atoms with E-state index in [1.54, 1.807) is 29.9 Å². The first-order valence-corrected chi connectivity index (χ1v) is 11.3. The highest BCUT2D eigenvalue weighted by atomic mass is 33.2. The Hall–Kier alpha value is -0.680. The quantitative estimate of drug-likeness (QED) is 0.438. The first kappa shape index (κ1) is 20.4. The molecule has 1 rings (SSSR count). The van der Waals surface area contributed by atoms with Crippen molar-refractivity contribution >= 4 is 25.8 Å². The average Bonchev–Trinajstić information content (AvgIpc) is 2.45. The Morgan fingerprint density at radius 3 is 2.09 bits per heavy atom. The van der Waals surface area contributed by atoms with Crippen molar-refractivity contribution < 1.29 is 13.9 Å². The predicted molar refractivity (Wildman–Crippen MR) is 101 cm³/mol. The topological polar surface area (TPSA) is 26.3 Å². The molecular weight excluding hydrogens is 331 g/mol. The summed E-state index contributed by atoms with van der Waals surface area (Å²) in [7, 11) is 0.485. The summed E-state index contributed by atoms with van der Waals surface area (Å²) in [4.78, 5) is 12.5. The minimum absolute atomic E-state index is 0.0291. The van der Waals surface area contributed by atoms with E-state index in [4.69, 9.17) is 4.74 Å². The highest BCUT2D eigenvalue weighted by Gasteiger charge is 2.37. The van der Waals surface area contributed by atoms with Crippen molar-refractivity contribution in [2.24, 2.45) is 0 Å². The first-order chi connectivity index (χ1) is 10.7. The molecule has 0 aliphatic heterocycles. The maximum Gasteiger partial charge on any atom is 0.341 e. The van der Waals surface area contributed by atoms with Crippen molar-refractivity contribution in [2.75, 3.05) is 6.61 Å². The molecule has 0 unspecified atom stereocenters. The molecule has 0 N–H and O–H groups in total. The summed E-state index contributed by atoms with van der Waals surface area (Å²) >= 11 is 0. The second kappa shape index (κ2) is 8.43. The van der Waals surface area contributed by atoms with Crippen LogP contribution in [0.2, 0.25) is 0 Å². The molecule has 0 radical (unpaired) electrons. The molecule has 0 atom stereocenters. The zero-order valence-corrected chi connectivity index (χ0v) is 16.8. The predicted octanol–water partition coefficient (Wildman–Crippen LogP) is 6.04. The van der Waals surface area contributed by atoms with Crippen LogP contribution in [0.15, 0.2) is 23.1 Å². The monoisotopic (exact) mass is 360 g/mol. The number of carbonyl (C=O) groups excluding carboxylic acids is 1. The third-order valence-electron chi connectivity index (χ3n) is 3.90. The van der Waals surface area contributed by atoms with E-state index < -0.39 is 20.8 Å². The van der Waals surface area contributed by atoms with Crippen LogP contribution >= 0.6 is 19.9 Å². The summed E-state index contributed by atoms with van der Waals surface area (Å²) in [5.74, 6) is -1.04. The maximum absolute atomic E-state index is 14.9. The molecule has 0 aliphatic rings. The van der Waals surface area contributed by atoms with E-state index in [-0.39, 0.29) is 12.2 Å². The summed E-state index contributed by atoms with van der Waals surface area (Å²) in [6, 6.07) is 5.01. The zero-order valence-electron chi connectivity index (χ0n) is 15.2. The zero-order chi connectivity index (χ0) is 17.8. The van der Waals surface area contributed by atoms with Crippen molar-refractivity contribution in [1.29, 1.82) is 0 Å². The van der Waals surface area contributed by atoms with Crippen molar-refractivity contribution in [3.8, 4) is 0 Å². The normalized spacial score (nSPS) is 13.0. The molecule has 23 heavy (non-hydrogen) atoms. The molecule has 0 amide bonds. The lowest BCUT2D eigenvalue weighted by atomic mass is 10.2. The van der Waals surface area contributed by atoms with Gasteiger partial charge >= 0.3 is 5.97 Å². The number of hydrogen-bond acceptors (Lipinski definition) is 3. The van der Waals surface area contributed by atoms with Crippen molar-refractivity contribution in [2.45, 2.75) is 69.1 Å². The molecule has 0 saturated carbocycles. The molecule has 132 valence electrons. The Kier molecular flexibility index (Phi) is 7.46. The Morgan fingerprint density at radius 2 is 1.65 bits per heavy atom. The van der Waals surface area contributed by atoms with E-state index in [1.165, 1.54) is 6.07 Å². The van der Waals surface area contributed by atoms with Gasteiger partial charge in [-0.1, -0.05) is 58.4 Å². The second-order valence-corrected chi connectivity index (χ2v) is 13.3. The van der Waals surface area contributed by atoms with Crippen LogP contribution in [0.3, 0.4) is 0 Å². The van der Waals surface area contributed by atoms with E-state index >= 15 is 0 Å². The Morgan fingerprint density at radius 1 is 1.13 bits per heavy atom. The number of esters is 1. The lowest BCUT2D eigenvalue weighted by Crippen LogP contribution is -2.25. The van der Waals surface area contributed by atoms with E-state index in [0.717, 1.165) is 0 Å². The van der Waals surface area contributed by atoms with Gasteiger partial charge in [0.25, 0.3) is 0 Å². The second-order valence-electron chi connectivity index (χ2n) is 6.26. The maximum atomic E-state index is 14.9. The largest absolute Gasteiger partial charge is 0.462 e. The van der Waals surface area contributed by atoms with Gasteiger partial charge in [0, 0.05) is 0 Å². The Balaban J connectivity index is 3.30. The fraction of sp³-hybridized carbons (Fsp3) is 0.611. The van der Waals surface area contributed by atoms with Gasteiger partial charge in [0.15, 0.2) is 5.82 Å². The first-order valence-electron chi connectivity index (χ1n) is 8.13. The van der Waals surface area contributed by atoms with E-state index in [1.807, 2.05) is 0 Å². The number of rotatable bonds is 7. The van der Waals surface area contributed by atoms with Crippen LogP contribution in [0.25, 0.3) is 0 Å². The number of ether oxygens (including phenoxy) is 1. The molecule has 1 aromatic carbocycles. The van der Waals surface area contributed by atoms with Gasteiger partial charge in [-0.15, -0.1) is 0 Å². The fourth-order valence-corrected chi connectivity index (χ4v) is 10.5. The highest BCUT2D eigenvalue weighted by molar-refractivity contribution is 8.94. The van der Waals surface area contributed by atoms with Crippen LogP contribution in [-0.2, 0) is 4.74 Å². The van der Waals surface area contributed by atoms with Crippen LogP contribution in [0, 0.1) is 5.82 Å². The number of benzene rings is 1. The molecule has 0 saturated heterocycles. The average molecular weight is 361 g/mol. The van der Waals surface area contributed by atoms with Gasteiger partial charge in [0.2, 0.25) is 0 Å². The lowest BCUT2D eigenvalue weighted by molar-refractivity contribution is 0.0520. The Bertz CT molecular complexity index is 520. The molecule has 0 bridgehead atoms. The van der Waals surface area contributed by atoms with E-state index in [0.29, 0.717) is 20.6 Å². The van der Waals surface area contributed by atoms with Gasteiger partial charge < -0.3 is 4.74 Å². The number of carbonyl (C=O) groups is 1. The molecular formula is C18H29FO2S2. The summed E-state index contributed by atoms with van der Waals surface area (Å²) in [5, 5.41) is 1.37. The molecule has 0 spiro atoms. The van der Waals surface area contributed by atoms with E-state index in [2.05, 4.69) is 41.5 Å². The van der Waals surface area contributed by atoms with Crippen LogP contribution in [0.4, 0.5) is 4.39 Å². The van der Waals surface area contributed by atoms with Gasteiger partial charge in [0.1, 0.15) is 0 Å². The number of hydrogen-bond donors (Lipinski definition) is 0. The molecule has 0 aliphatic carbocycles. The van der Waals surface area contributed by atoms with Crippen molar-refractivity contribution in [3.63, 3.8) is 0 Å². The summed E-state index contributed by atoms with van der Waals surface area (Å²) in [6.45, 7) is 15.3. The van der Waals surface area contributed by atoms with Gasteiger partial charge in [0.05, 0.1) is 17.1 Å². The number of halogens is 1. The van der Waals surface area contributed by atoms with Crippen molar-refractivity contribution in [1.82, 2.24) is 0 Å². The third-order valence-corrected chi connectivity index (χ3v) is 14.0. The summed E-state index contributed by atoms with van der Waals surface area (Å²) in [6.07, 6.45) is 0. The van der Waals surface area contributed by atoms with Crippen LogP contribution < -0.4 is 0 Å². The fourth-order valence-electron chi connectivity index (χ4n) is 3.02. The molecule has 0 aromatic heterocycles. The third kappa shape index (κ3) is 4.24. The van der Waals surface area contributed by atoms with Gasteiger partial charge in [-0.2, -0.15) is 9.06 Å².